The Morgan fingerprint density at radius 1 is 1.71 bits per heavy atom. The Morgan fingerprint density at radius 3 is 2.86 bits per heavy atom. The molecular weight excluding hydrogens is 205 g/mol. The van der Waals surface area contributed by atoms with E-state index in [1.165, 1.54) is 12.1 Å². The molecule has 14 heavy (non-hydrogen) atoms. The second-order valence-electron chi connectivity index (χ2n) is 3.23. The molecule has 0 bridgehead atoms. The average Bonchev–Trinajstić information content (AvgIpc) is 2.02. The molecule has 0 N–H and O–H groups in total. The first-order valence-corrected chi connectivity index (χ1v) is 5.79. The Kier molecular flexibility index (Phi) is 3.06. The van der Waals surface area contributed by atoms with Gasteiger partial charge >= 0.3 is 0 Å². The fourth-order valence-electron chi connectivity index (χ4n) is 1.23. The average molecular weight is 215 g/mol. The van der Waals surface area contributed by atoms with Crippen molar-refractivity contribution in [2.75, 3.05) is 5.75 Å². The van der Waals surface area contributed by atoms with Crippen LogP contribution in [0.5, 0.6) is 0 Å². The molecule has 1 aliphatic carbocycles. The molecule has 0 aliphatic heterocycles. The maximum Gasteiger partial charge on any atom is 0.194 e. The van der Waals surface area contributed by atoms with Gasteiger partial charge in [-0.2, -0.15) is 5.26 Å². The van der Waals surface area contributed by atoms with Crippen LogP contribution in [0.1, 0.15) is 13.3 Å². The van der Waals surface area contributed by atoms with Gasteiger partial charge in [-0.25, -0.2) is 12.8 Å². The number of halogens is 1. The van der Waals surface area contributed by atoms with Crippen molar-refractivity contribution in [1.82, 2.24) is 0 Å². The van der Waals surface area contributed by atoms with Crippen molar-refractivity contribution in [3.05, 3.63) is 22.9 Å². The van der Waals surface area contributed by atoms with Gasteiger partial charge in [0.15, 0.2) is 9.84 Å². The first kappa shape index (κ1) is 10.9. The highest BCUT2D eigenvalue weighted by molar-refractivity contribution is 7.95. The number of hydrogen-bond donors (Lipinski definition) is 0. The zero-order valence-electron chi connectivity index (χ0n) is 7.70. The van der Waals surface area contributed by atoms with E-state index in [0.29, 0.717) is 0 Å². The minimum Gasteiger partial charge on any atom is -0.223 e. The molecule has 1 rings (SSSR count). The molecule has 0 aromatic carbocycles. The van der Waals surface area contributed by atoms with Crippen LogP contribution < -0.4 is 0 Å². The Balaban J connectivity index is 3.07. The van der Waals surface area contributed by atoms with E-state index < -0.39 is 21.4 Å². The summed E-state index contributed by atoms with van der Waals surface area (Å²) in [5, 5.41) is 8.27. The van der Waals surface area contributed by atoms with Crippen molar-refractivity contribution in [3.63, 3.8) is 0 Å². The van der Waals surface area contributed by atoms with E-state index in [4.69, 9.17) is 5.26 Å². The van der Waals surface area contributed by atoms with E-state index in [1.54, 1.807) is 13.0 Å². The largest absolute Gasteiger partial charge is 0.223 e. The maximum absolute atomic E-state index is 13.3. The molecule has 0 aromatic heterocycles. The summed E-state index contributed by atoms with van der Waals surface area (Å²) in [6.45, 7) is 1.80. The zero-order valence-corrected chi connectivity index (χ0v) is 8.51. The number of sulfone groups is 1. The third kappa shape index (κ3) is 2.20. The normalized spacial score (nSPS) is 22.2. The summed E-state index contributed by atoms with van der Waals surface area (Å²) in [6, 6.07) is 1.51. The number of rotatable bonds is 2. The fraction of sp³-hybridized carbons (Fsp3) is 0.444. The van der Waals surface area contributed by atoms with Gasteiger partial charge in [0.2, 0.25) is 0 Å². The molecule has 1 unspecified atom stereocenters. The number of nitriles is 1. The van der Waals surface area contributed by atoms with Crippen LogP contribution in [0.4, 0.5) is 4.39 Å². The molecule has 0 heterocycles. The van der Waals surface area contributed by atoms with E-state index in [-0.39, 0.29) is 17.2 Å². The highest BCUT2D eigenvalue weighted by Crippen LogP contribution is 2.27. The summed E-state index contributed by atoms with van der Waals surface area (Å²) in [6.07, 6.45) is 2.97. The van der Waals surface area contributed by atoms with Gasteiger partial charge in [0, 0.05) is 6.42 Å². The minimum atomic E-state index is -3.75. The van der Waals surface area contributed by atoms with Crippen LogP contribution >= 0.6 is 0 Å². The number of hydrogen-bond acceptors (Lipinski definition) is 3. The molecule has 3 nitrogen and oxygen atoms in total. The summed E-state index contributed by atoms with van der Waals surface area (Å²) < 4.78 is 35.9. The van der Waals surface area contributed by atoms with Gasteiger partial charge in [-0.15, -0.1) is 0 Å². The van der Waals surface area contributed by atoms with Crippen LogP contribution in [0.3, 0.4) is 0 Å². The van der Waals surface area contributed by atoms with Crippen molar-refractivity contribution in [2.45, 2.75) is 13.3 Å². The lowest BCUT2D eigenvalue weighted by Gasteiger charge is -2.13. The topological polar surface area (TPSA) is 57.9 Å². The van der Waals surface area contributed by atoms with Crippen molar-refractivity contribution in [2.24, 2.45) is 5.92 Å². The third-order valence-electron chi connectivity index (χ3n) is 1.93. The standard InChI is InChI=1S/C9H10FNO2S/c1-7-2-3-9(8(10)6-7)14(12,13)5-4-11/h2-3,7H,5-6H2,1H3. The van der Waals surface area contributed by atoms with Gasteiger partial charge in [-0.3, -0.25) is 0 Å². The predicted octanol–water partition coefficient (Wildman–Crippen LogP) is 1.70. The minimum absolute atomic E-state index is 0.0102. The number of nitrogens with zero attached hydrogens (tertiary/aromatic N) is 1. The van der Waals surface area contributed by atoms with Gasteiger partial charge in [0.1, 0.15) is 11.6 Å². The molecule has 1 aliphatic rings. The van der Waals surface area contributed by atoms with E-state index >= 15 is 0 Å². The highest BCUT2D eigenvalue weighted by atomic mass is 32.2. The molecule has 0 radical (unpaired) electrons. The lowest BCUT2D eigenvalue weighted by molar-refractivity contribution is 0.529. The molecular formula is C9H10FNO2S. The van der Waals surface area contributed by atoms with E-state index in [2.05, 4.69) is 0 Å². The predicted molar refractivity (Wildman–Crippen MR) is 50.5 cm³/mol. The van der Waals surface area contributed by atoms with Gasteiger partial charge in [-0.1, -0.05) is 13.0 Å². The van der Waals surface area contributed by atoms with Crippen LogP contribution in [0.2, 0.25) is 0 Å². The summed E-state index contributed by atoms with van der Waals surface area (Å²) in [5.41, 5.74) is 0. The fourth-order valence-corrected chi connectivity index (χ4v) is 2.26. The van der Waals surface area contributed by atoms with Crippen LogP contribution in [-0.2, 0) is 9.84 Å². The second kappa shape index (κ2) is 3.93. The van der Waals surface area contributed by atoms with E-state index in [9.17, 15) is 12.8 Å². The Bertz CT molecular complexity index is 428. The quantitative estimate of drug-likeness (QED) is 0.704. The molecule has 5 heteroatoms. The summed E-state index contributed by atoms with van der Waals surface area (Å²) in [4.78, 5) is -0.336. The number of allylic oxidation sites excluding steroid dienone is 3. The SMILES string of the molecule is CC1C=CC(S(=O)(=O)CC#N)=C(F)C1. The van der Waals surface area contributed by atoms with Gasteiger partial charge in [0.05, 0.1) is 11.0 Å². The summed E-state index contributed by atoms with van der Waals surface area (Å²) >= 11 is 0. The molecule has 0 saturated heterocycles. The van der Waals surface area contributed by atoms with Crippen molar-refractivity contribution in [1.29, 1.82) is 5.26 Å². The molecule has 0 aromatic rings. The van der Waals surface area contributed by atoms with E-state index in [1.807, 2.05) is 0 Å². The lowest BCUT2D eigenvalue weighted by atomic mass is 10.0. The second-order valence-corrected chi connectivity index (χ2v) is 5.18. The van der Waals surface area contributed by atoms with Gasteiger partial charge in [-0.05, 0) is 12.0 Å². The first-order chi connectivity index (χ1) is 6.47. The molecule has 0 fully saturated rings. The monoisotopic (exact) mass is 215 g/mol. The van der Waals surface area contributed by atoms with Gasteiger partial charge in [0.25, 0.3) is 0 Å². The zero-order chi connectivity index (χ0) is 10.8. The highest BCUT2D eigenvalue weighted by Gasteiger charge is 2.23. The molecule has 0 amide bonds. The molecule has 0 spiro atoms. The maximum atomic E-state index is 13.3. The Morgan fingerprint density at radius 2 is 2.36 bits per heavy atom. The molecule has 0 saturated carbocycles. The third-order valence-corrected chi connectivity index (χ3v) is 3.47. The molecule has 76 valence electrons. The molecule has 1 atom stereocenters. The van der Waals surface area contributed by atoms with E-state index in [0.717, 1.165) is 0 Å². The summed E-state index contributed by atoms with van der Waals surface area (Å²) in [5.74, 6) is -1.31. The first-order valence-electron chi connectivity index (χ1n) is 4.14. The van der Waals surface area contributed by atoms with Crippen molar-refractivity contribution in [3.8, 4) is 6.07 Å². The van der Waals surface area contributed by atoms with Crippen LogP contribution in [0.15, 0.2) is 22.9 Å². The summed E-state index contributed by atoms with van der Waals surface area (Å²) in [7, 11) is -3.75. The lowest BCUT2D eigenvalue weighted by Crippen LogP contribution is -2.11. The smallest absolute Gasteiger partial charge is 0.194 e. The van der Waals surface area contributed by atoms with Crippen LogP contribution in [-0.4, -0.2) is 14.2 Å². The Hall–Kier alpha value is -1.15. The van der Waals surface area contributed by atoms with Crippen LogP contribution in [0.25, 0.3) is 0 Å². The van der Waals surface area contributed by atoms with Crippen LogP contribution in [0, 0.1) is 17.2 Å². The van der Waals surface area contributed by atoms with Gasteiger partial charge < -0.3 is 0 Å². The Labute approximate surface area is 82.5 Å². The van der Waals surface area contributed by atoms with Crippen molar-refractivity contribution < 1.29 is 12.8 Å². The van der Waals surface area contributed by atoms with Crippen molar-refractivity contribution >= 4 is 9.84 Å².